The predicted molar refractivity (Wildman–Crippen MR) is 55.1 cm³/mol. The first-order valence-electron chi connectivity index (χ1n) is 4.25. The van der Waals surface area contributed by atoms with Crippen molar-refractivity contribution in [1.29, 1.82) is 0 Å². The van der Waals surface area contributed by atoms with Crippen LogP contribution in [0.15, 0.2) is 6.33 Å². The third kappa shape index (κ3) is 1.29. The van der Waals surface area contributed by atoms with E-state index in [1.165, 1.54) is 0 Å². The van der Waals surface area contributed by atoms with Crippen LogP contribution in [-0.2, 0) is 0 Å². The highest BCUT2D eigenvalue weighted by Gasteiger charge is 2.11. The van der Waals surface area contributed by atoms with Gasteiger partial charge in [-0.05, 0) is 25.4 Å². The molecule has 2 aromatic rings. The maximum atomic E-state index is 5.74. The van der Waals surface area contributed by atoms with Crippen LogP contribution < -0.4 is 5.73 Å². The molecule has 2 aromatic heterocycles. The van der Waals surface area contributed by atoms with Crippen molar-refractivity contribution in [1.82, 2.24) is 19.5 Å². The molecule has 74 valence electrons. The van der Waals surface area contributed by atoms with E-state index in [9.17, 15) is 0 Å². The van der Waals surface area contributed by atoms with Crippen molar-refractivity contribution in [3.63, 3.8) is 0 Å². The van der Waals surface area contributed by atoms with Crippen molar-refractivity contribution in [2.45, 2.75) is 19.9 Å². The smallest absolute Gasteiger partial charge is 0.226 e. The zero-order chi connectivity index (χ0) is 10.3. The maximum Gasteiger partial charge on any atom is 0.226 e. The first kappa shape index (κ1) is 9.21. The van der Waals surface area contributed by atoms with Crippen LogP contribution in [0.25, 0.3) is 11.2 Å². The molecule has 0 radical (unpaired) electrons. The monoisotopic (exact) mass is 211 g/mol. The van der Waals surface area contributed by atoms with Crippen LogP contribution in [0.5, 0.6) is 0 Å². The van der Waals surface area contributed by atoms with Gasteiger partial charge in [0.15, 0.2) is 11.5 Å². The van der Waals surface area contributed by atoms with Crippen molar-refractivity contribution in [2.24, 2.45) is 0 Å². The zero-order valence-corrected chi connectivity index (χ0v) is 8.65. The summed E-state index contributed by atoms with van der Waals surface area (Å²) in [5.74, 6) is 0.367. The highest BCUT2D eigenvalue weighted by Crippen LogP contribution is 2.21. The second kappa shape index (κ2) is 3.09. The molecule has 0 fully saturated rings. The molecule has 2 rings (SSSR count). The fourth-order valence-corrected chi connectivity index (χ4v) is 1.51. The second-order valence-electron chi connectivity index (χ2n) is 3.30. The van der Waals surface area contributed by atoms with Gasteiger partial charge in [0.05, 0.1) is 6.33 Å². The molecule has 0 spiro atoms. The Kier molecular flexibility index (Phi) is 2.03. The number of imidazole rings is 1. The largest absolute Gasteiger partial charge is 0.382 e. The van der Waals surface area contributed by atoms with Gasteiger partial charge in [0, 0.05) is 6.04 Å². The SMILES string of the molecule is CC(C)n1cnc2nc(Cl)nc(N)c21. The van der Waals surface area contributed by atoms with Gasteiger partial charge in [-0.3, -0.25) is 0 Å². The van der Waals surface area contributed by atoms with Crippen LogP contribution in [0.4, 0.5) is 5.82 Å². The van der Waals surface area contributed by atoms with E-state index in [1.54, 1.807) is 6.33 Å². The van der Waals surface area contributed by atoms with Crippen molar-refractivity contribution in [2.75, 3.05) is 5.73 Å². The molecule has 2 heterocycles. The highest BCUT2D eigenvalue weighted by molar-refractivity contribution is 6.28. The Balaban J connectivity index is 2.79. The van der Waals surface area contributed by atoms with E-state index in [0.29, 0.717) is 11.5 Å². The van der Waals surface area contributed by atoms with Crippen LogP contribution >= 0.6 is 11.6 Å². The minimum absolute atomic E-state index is 0.129. The summed E-state index contributed by atoms with van der Waals surface area (Å²) >= 11 is 5.66. The molecule has 0 atom stereocenters. The molecule has 0 bridgehead atoms. The molecule has 0 aliphatic carbocycles. The Labute approximate surface area is 85.9 Å². The molecule has 0 aliphatic heterocycles. The van der Waals surface area contributed by atoms with Gasteiger partial charge in [-0.25, -0.2) is 4.98 Å². The topological polar surface area (TPSA) is 69.6 Å². The molecule has 6 heteroatoms. The Morgan fingerprint density at radius 2 is 2.14 bits per heavy atom. The number of hydrogen-bond acceptors (Lipinski definition) is 4. The van der Waals surface area contributed by atoms with Gasteiger partial charge in [0.25, 0.3) is 0 Å². The first-order valence-corrected chi connectivity index (χ1v) is 4.63. The number of rotatable bonds is 1. The molecule has 0 saturated carbocycles. The van der Waals surface area contributed by atoms with Gasteiger partial charge in [-0.1, -0.05) is 0 Å². The van der Waals surface area contributed by atoms with Crippen LogP contribution in [0.3, 0.4) is 0 Å². The minimum atomic E-state index is 0.129. The van der Waals surface area contributed by atoms with E-state index in [0.717, 1.165) is 5.52 Å². The summed E-state index contributed by atoms with van der Waals surface area (Å²) in [6, 6.07) is 0.270. The Morgan fingerprint density at radius 1 is 1.43 bits per heavy atom. The van der Waals surface area contributed by atoms with Gasteiger partial charge in [-0.15, -0.1) is 0 Å². The van der Waals surface area contributed by atoms with Gasteiger partial charge < -0.3 is 10.3 Å². The molecule has 2 N–H and O–H groups in total. The Morgan fingerprint density at radius 3 is 2.79 bits per heavy atom. The quantitative estimate of drug-likeness (QED) is 0.728. The van der Waals surface area contributed by atoms with E-state index < -0.39 is 0 Å². The summed E-state index contributed by atoms with van der Waals surface area (Å²) in [4.78, 5) is 12.0. The number of aromatic nitrogens is 4. The lowest BCUT2D eigenvalue weighted by Crippen LogP contribution is -2.03. The normalized spacial score (nSPS) is 11.4. The molecule has 14 heavy (non-hydrogen) atoms. The Hall–Kier alpha value is -1.36. The molecule has 0 saturated heterocycles. The van der Waals surface area contributed by atoms with Crippen LogP contribution in [-0.4, -0.2) is 19.5 Å². The van der Waals surface area contributed by atoms with E-state index >= 15 is 0 Å². The molecular formula is C8H10ClN5. The number of nitrogens with zero attached hydrogens (tertiary/aromatic N) is 4. The third-order valence-electron chi connectivity index (χ3n) is 1.98. The van der Waals surface area contributed by atoms with E-state index in [-0.39, 0.29) is 11.3 Å². The number of hydrogen-bond donors (Lipinski definition) is 1. The molecule has 0 aromatic carbocycles. The van der Waals surface area contributed by atoms with E-state index in [2.05, 4.69) is 15.0 Å². The zero-order valence-electron chi connectivity index (χ0n) is 7.90. The third-order valence-corrected chi connectivity index (χ3v) is 2.15. The van der Waals surface area contributed by atoms with Crippen molar-refractivity contribution in [3.05, 3.63) is 11.6 Å². The lowest BCUT2D eigenvalue weighted by Gasteiger charge is -2.08. The van der Waals surface area contributed by atoms with Gasteiger partial charge >= 0.3 is 0 Å². The number of nitrogen functional groups attached to an aromatic ring is 1. The lowest BCUT2D eigenvalue weighted by molar-refractivity contribution is 0.617. The second-order valence-corrected chi connectivity index (χ2v) is 3.63. The van der Waals surface area contributed by atoms with Gasteiger partial charge in [0.1, 0.15) is 5.52 Å². The van der Waals surface area contributed by atoms with Crippen molar-refractivity contribution >= 4 is 28.6 Å². The molecule has 0 amide bonds. The summed E-state index contributed by atoms with van der Waals surface area (Å²) in [6.45, 7) is 4.07. The van der Waals surface area contributed by atoms with Crippen LogP contribution in [0, 0.1) is 0 Å². The minimum Gasteiger partial charge on any atom is -0.382 e. The summed E-state index contributed by atoms with van der Waals surface area (Å²) in [5.41, 5.74) is 7.02. The lowest BCUT2D eigenvalue weighted by atomic mass is 10.3. The maximum absolute atomic E-state index is 5.74. The Bertz CT molecular complexity index is 476. The van der Waals surface area contributed by atoms with Gasteiger partial charge in [0.2, 0.25) is 5.28 Å². The first-order chi connectivity index (χ1) is 6.59. The van der Waals surface area contributed by atoms with E-state index in [1.807, 2.05) is 18.4 Å². The average molecular weight is 212 g/mol. The van der Waals surface area contributed by atoms with Crippen LogP contribution in [0.2, 0.25) is 5.28 Å². The predicted octanol–water partition coefficient (Wildman–Crippen LogP) is 1.64. The molecule has 5 nitrogen and oxygen atoms in total. The van der Waals surface area contributed by atoms with Gasteiger partial charge in [-0.2, -0.15) is 9.97 Å². The average Bonchev–Trinajstić information content (AvgIpc) is 2.47. The number of fused-ring (bicyclic) bond motifs is 1. The van der Waals surface area contributed by atoms with Crippen LogP contribution in [0.1, 0.15) is 19.9 Å². The summed E-state index contributed by atoms with van der Waals surface area (Å²) in [7, 11) is 0. The van der Waals surface area contributed by atoms with E-state index in [4.69, 9.17) is 17.3 Å². The molecule has 0 aliphatic rings. The summed E-state index contributed by atoms with van der Waals surface area (Å²) in [6.07, 6.45) is 1.69. The standard InChI is InChI=1S/C8H10ClN5/c1-4(2)14-3-11-7-5(14)6(10)12-8(9)13-7/h3-4H,1-2H3,(H2,10,12,13). The molecular weight excluding hydrogens is 202 g/mol. The fraction of sp³-hybridized carbons (Fsp3) is 0.375. The number of anilines is 1. The number of nitrogens with two attached hydrogens (primary N) is 1. The summed E-state index contributed by atoms with van der Waals surface area (Å²) < 4.78 is 1.92. The van der Waals surface area contributed by atoms with Crippen molar-refractivity contribution < 1.29 is 0 Å². The summed E-state index contributed by atoms with van der Waals surface area (Å²) in [5, 5.41) is 0.129. The number of halogens is 1. The fourth-order valence-electron chi connectivity index (χ4n) is 1.34. The highest BCUT2D eigenvalue weighted by atomic mass is 35.5. The molecule has 0 unspecified atom stereocenters. The van der Waals surface area contributed by atoms with Crippen molar-refractivity contribution in [3.8, 4) is 0 Å².